The van der Waals surface area contributed by atoms with Gasteiger partial charge in [0.25, 0.3) is 0 Å². The van der Waals surface area contributed by atoms with Gasteiger partial charge in [-0.2, -0.15) is 0 Å². The van der Waals surface area contributed by atoms with Gasteiger partial charge in [0, 0.05) is 7.11 Å². The van der Waals surface area contributed by atoms with Crippen molar-refractivity contribution in [3.8, 4) is 0 Å². The van der Waals surface area contributed by atoms with Crippen molar-refractivity contribution in [3.05, 3.63) is 0 Å². The third-order valence-electron chi connectivity index (χ3n) is 4.73. The molecule has 108 valence electrons. The van der Waals surface area contributed by atoms with Gasteiger partial charge in [-0.1, -0.05) is 20.3 Å². The van der Waals surface area contributed by atoms with Gasteiger partial charge in [0.15, 0.2) is 0 Å². The van der Waals surface area contributed by atoms with E-state index in [1.807, 2.05) is 7.11 Å². The van der Waals surface area contributed by atoms with Crippen LogP contribution in [0, 0.1) is 17.8 Å². The molecule has 1 saturated carbocycles. The number of hydrogen-bond acceptors (Lipinski definition) is 2. The van der Waals surface area contributed by atoms with Gasteiger partial charge in [-0.3, -0.25) is 0 Å². The van der Waals surface area contributed by atoms with Crippen LogP contribution in [-0.2, 0) is 4.74 Å². The van der Waals surface area contributed by atoms with Gasteiger partial charge in [-0.25, -0.2) is 0 Å². The van der Waals surface area contributed by atoms with Crippen molar-refractivity contribution in [1.29, 1.82) is 0 Å². The molecule has 1 aliphatic rings. The maximum absolute atomic E-state index is 5.56. The van der Waals surface area contributed by atoms with Gasteiger partial charge in [-0.15, -0.1) is 0 Å². The Morgan fingerprint density at radius 2 is 1.94 bits per heavy atom. The molecule has 2 heteroatoms. The van der Waals surface area contributed by atoms with E-state index in [-0.39, 0.29) is 5.60 Å². The van der Waals surface area contributed by atoms with Crippen LogP contribution in [0.15, 0.2) is 0 Å². The lowest BCUT2D eigenvalue weighted by Gasteiger charge is -2.37. The van der Waals surface area contributed by atoms with Gasteiger partial charge >= 0.3 is 0 Å². The summed E-state index contributed by atoms with van der Waals surface area (Å²) in [4.78, 5) is 0. The van der Waals surface area contributed by atoms with Crippen LogP contribution in [0.5, 0.6) is 0 Å². The molecular formula is C16H33NO. The van der Waals surface area contributed by atoms with Gasteiger partial charge in [0.2, 0.25) is 0 Å². The zero-order chi connectivity index (χ0) is 13.6. The Bertz CT molecular complexity index is 225. The molecular weight excluding hydrogens is 222 g/mol. The minimum Gasteiger partial charge on any atom is -0.379 e. The number of ether oxygens (including phenoxy) is 1. The Kier molecular flexibility index (Phi) is 6.65. The molecule has 3 atom stereocenters. The Labute approximate surface area is 114 Å². The quantitative estimate of drug-likeness (QED) is 0.746. The number of rotatable bonds is 7. The predicted octanol–water partition coefficient (Wildman–Crippen LogP) is 3.85. The third-order valence-corrected chi connectivity index (χ3v) is 4.73. The Balaban J connectivity index is 2.45. The highest BCUT2D eigenvalue weighted by Crippen LogP contribution is 2.37. The van der Waals surface area contributed by atoms with Crippen LogP contribution in [0.1, 0.15) is 59.8 Å². The van der Waals surface area contributed by atoms with E-state index in [4.69, 9.17) is 4.74 Å². The van der Waals surface area contributed by atoms with E-state index in [9.17, 15) is 0 Å². The van der Waals surface area contributed by atoms with Crippen molar-refractivity contribution in [3.63, 3.8) is 0 Å². The molecule has 1 rings (SSSR count). The predicted molar refractivity (Wildman–Crippen MR) is 78.9 cm³/mol. The molecule has 1 aliphatic carbocycles. The van der Waals surface area contributed by atoms with E-state index in [1.54, 1.807) is 0 Å². The van der Waals surface area contributed by atoms with Crippen LogP contribution in [0.3, 0.4) is 0 Å². The van der Waals surface area contributed by atoms with Crippen LogP contribution in [-0.4, -0.2) is 25.8 Å². The smallest absolute Gasteiger partial charge is 0.0622 e. The second-order valence-corrected chi connectivity index (χ2v) is 6.75. The van der Waals surface area contributed by atoms with Crippen LogP contribution in [0.25, 0.3) is 0 Å². The molecule has 0 aliphatic heterocycles. The SMILES string of the molecule is CCNCC1CCC(C)CC1CCC(C)(C)OC. The zero-order valence-electron chi connectivity index (χ0n) is 13.1. The fourth-order valence-corrected chi connectivity index (χ4v) is 3.15. The van der Waals surface area contributed by atoms with E-state index in [1.165, 1.54) is 38.6 Å². The van der Waals surface area contributed by atoms with Gasteiger partial charge < -0.3 is 10.1 Å². The van der Waals surface area contributed by atoms with Crippen LogP contribution in [0.4, 0.5) is 0 Å². The molecule has 1 fully saturated rings. The molecule has 0 aromatic carbocycles. The minimum absolute atomic E-state index is 0.0451. The highest BCUT2D eigenvalue weighted by Gasteiger charge is 2.29. The molecule has 2 nitrogen and oxygen atoms in total. The zero-order valence-corrected chi connectivity index (χ0v) is 13.1. The lowest BCUT2D eigenvalue weighted by atomic mass is 9.72. The molecule has 18 heavy (non-hydrogen) atoms. The summed E-state index contributed by atoms with van der Waals surface area (Å²) in [6, 6.07) is 0. The maximum atomic E-state index is 5.56. The van der Waals surface area contributed by atoms with E-state index < -0.39 is 0 Å². The minimum atomic E-state index is 0.0451. The Morgan fingerprint density at radius 3 is 2.56 bits per heavy atom. The summed E-state index contributed by atoms with van der Waals surface area (Å²) in [5.41, 5.74) is 0.0451. The van der Waals surface area contributed by atoms with E-state index >= 15 is 0 Å². The first-order valence-electron chi connectivity index (χ1n) is 7.74. The van der Waals surface area contributed by atoms with Crippen LogP contribution >= 0.6 is 0 Å². The monoisotopic (exact) mass is 255 g/mol. The summed E-state index contributed by atoms with van der Waals surface area (Å²) in [7, 11) is 1.83. The largest absolute Gasteiger partial charge is 0.379 e. The summed E-state index contributed by atoms with van der Waals surface area (Å²) in [5, 5.41) is 3.54. The Morgan fingerprint density at radius 1 is 1.22 bits per heavy atom. The van der Waals surface area contributed by atoms with Crippen LogP contribution in [0.2, 0.25) is 0 Å². The molecule has 3 unspecified atom stereocenters. The van der Waals surface area contributed by atoms with Crippen LogP contribution < -0.4 is 5.32 Å². The second kappa shape index (κ2) is 7.49. The molecule has 0 heterocycles. The van der Waals surface area contributed by atoms with Crippen molar-refractivity contribution in [2.24, 2.45) is 17.8 Å². The summed E-state index contributed by atoms with van der Waals surface area (Å²) in [5.74, 6) is 2.69. The fourth-order valence-electron chi connectivity index (χ4n) is 3.15. The molecule has 0 bridgehead atoms. The second-order valence-electron chi connectivity index (χ2n) is 6.75. The van der Waals surface area contributed by atoms with Gasteiger partial charge in [0.05, 0.1) is 5.60 Å². The summed E-state index contributed by atoms with van der Waals surface area (Å²) in [6.07, 6.45) is 6.74. The molecule has 0 saturated heterocycles. The lowest BCUT2D eigenvalue weighted by molar-refractivity contribution is 0.00483. The standard InChI is InChI=1S/C16H33NO/c1-6-17-12-15-8-7-13(2)11-14(15)9-10-16(3,4)18-5/h13-15,17H,6-12H2,1-5H3. The molecule has 0 amide bonds. The summed E-state index contributed by atoms with van der Waals surface area (Å²) >= 11 is 0. The lowest BCUT2D eigenvalue weighted by Crippen LogP contribution is -2.34. The van der Waals surface area contributed by atoms with E-state index in [0.717, 1.165) is 24.3 Å². The number of nitrogens with one attached hydrogen (secondary N) is 1. The topological polar surface area (TPSA) is 21.3 Å². The van der Waals surface area contributed by atoms with Crippen molar-refractivity contribution < 1.29 is 4.74 Å². The van der Waals surface area contributed by atoms with Crippen molar-refractivity contribution in [1.82, 2.24) is 5.32 Å². The van der Waals surface area contributed by atoms with Crippen molar-refractivity contribution in [2.75, 3.05) is 20.2 Å². The van der Waals surface area contributed by atoms with Crippen molar-refractivity contribution >= 4 is 0 Å². The maximum Gasteiger partial charge on any atom is 0.0622 e. The van der Waals surface area contributed by atoms with Gasteiger partial charge in [0.1, 0.15) is 0 Å². The first-order valence-corrected chi connectivity index (χ1v) is 7.74. The van der Waals surface area contributed by atoms with Gasteiger partial charge in [-0.05, 0) is 70.4 Å². The molecule has 0 aromatic heterocycles. The first-order chi connectivity index (χ1) is 8.48. The average molecular weight is 255 g/mol. The summed E-state index contributed by atoms with van der Waals surface area (Å²) in [6.45, 7) is 11.3. The third kappa shape index (κ3) is 5.27. The normalized spacial score (nSPS) is 29.5. The van der Waals surface area contributed by atoms with Crippen molar-refractivity contribution in [2.45, 2.75) is 65.4 Å². The van der Waals surface area contributed by atoms with E-state index in [0.29, 0.717) is 0 Å². The molecule has 0 radical (unpaired) electrons. The summed E-state index contributed by atoms with van der Waals surface area (Å²) < 4.78 is 5.56. The number of methoxy groups -OCH3 is 1. The van der Waals surface area contributed by atoms with E-state index in [2.05, 4.69) is 33.0 Å². The average Bonchev–Trinajstić information content (AvgIpc) is 2.35. The molecule has 0 aromatic rings. The molecule has 1 N–H and O–H groups in total. The highest BCUT2D eigenvalue weighted by atomic mass is 16.5. The Hall–Kier alpha value is -0.0800. The highest BCUT2D eigenvalue weighted by molar-refractivity contribution is 4.82. The molecule has 0 spiro atoms. The first kappa shape index (κ1) is 16.0. The fraction of sp³-hybridized carbons (Fsp3) is 1.00. The number of hydrogen-bond donors (Lipinski definition) is 1.